The van der Waals surface area contributed by atoms with Crippen molar-refractivity contribution in [1.82, 2.24) is 15.5 Å². The van der Waals surface area contributed by atoms with E-state index in [2.05, 4.69) is 20.4 Å². The van der Waals surface area contributed by atoms with Crippen molar-refractivity contribution < 1.29 is 18.7 Å². The number of benzene rings is 2. The van der Waals surface area contributed by atoms with E-state index in [1.165, 1.54) is 19.2 Å². The van der Waals surface area contributed by atoms with Crippen LogP contribution in [-0.4, -0.2) is 56.7 Å². The van der Waals surface area contributed by atoms with Gasteiger partial charge in [-0.25, -0.2) is 14.0 Å². The fourth-order valence-corrected chi connectivity index (χ4v) is 4.27. The van der Waals surface area contributed by atoms with Gasteiger partial charge in [0.15, 0.2) is 0 Å². The van der Waals surface area contributed by atoms with Gasteiger partial charge in [0.2, 0.25) is 0 Å². The van der Waals surface area contributed by atoms with Gasteiger partial charge in [0.05, 0.1) is 18.7 Å². The normalized spacial score (nSPS) is 19.4. The summed E-state index contributed by atoms with van der Waals surface area (Å²) in [5, 5.41) is 6.16. The van der Waals surface area contributed by atoms with Crippen molar-refractivity contribution in [2.45, 2.75) is 6.04 Å². The molecule has 0 unspecified atom stereocenters. The van der Waals surface area contributed by atoms with Crippen LogP contribution >= 0.6 is 11.6 Å². The summed E-state index contributed by atoms with van der Waals surface area (Å²) in [7, 11) is 1.29. The molecule has 0 radical (unpaired) electrons. The fraction of sp³-hybridized carbons (Fsp3) is 0.304. The van der Waals surface area contributed by atoms with Gasteiger partial charge in [-0.15, -0.1) is 0 Å². The topological polar surface area (TPSA) is 73.9 Å². The van der Waals surface area contributed by atoms with E-state index in [4.69, 9.17) is 16.3 Å². The molecular weight excluding hydrogens is 435 g/mol. The number of hydrogen-bond acceptors (Lipinski definition) is 5. The van der Waals surface area contributed by atoms with Crippen LogP contribution in [0.2, 0.25) is 5.02 Å². The number of ether oxygens (including phenoxy) is 1. The number of methoxy groups -OCH3 is 1. The minimum atomic E-state index is -0.797. The minimum Gasteiger partial charge on any atom is -0.466 e. The third-order valence-electron chi connectivity index (χ3n) is 5.67. The minimum absolute atomic E-state index is 0.273. The molecule has 2 aromatic rings. The van der Waals surface area contributed by atoms with Crippen molar-refractivity contribution in [3.63, 3.8) is 0 Å². The lowest BCUT2D eigenvalue weighted by molar-refractivity contribution is -0.136. The van der Waals surface area contributed by atoms with Crippen LogP contribution in [0.3, 0.4) is 0 Å². The summed E-state index contributed by atoms with van der Waals surface area (Å²) in [6.07, 6.45) is 0. The number of hydrogen-bond donors (Lipinski definition) is 2. The van der Waals surface area contributed by atoms with Crippen LogP contribution in [0.4, 0.5) is 14.9 Å². The number of rotatable bonds is 5. The summed E-state index contributed by atoms with van der Waals surface area (Å²) in [6, 6.07) is 12.3. The van der Waals surface area contributed by atoms with E-state index in [1.54, 1.807) is 12.1 Å². The quantitative estimate of drug-likeness (QED) is 0.674. The molecule has 0 spiro atoms. The summed E-state index contributed by atoms with van der Waals surface area (Å²) in [5.41, 5.74) is 2.28. The lowest BCUT2D eigenvalue weighted by Crippen LogP contribution is -2.51. The number of amides is 2. The number of carbonyl (C=O) groups excluding carboxylic acids is 2. The first-order valence-electron chi connectivity index (χ1n) is 10.3. The number of anilines is 1. The number of nitrogens with zero attached hydrogens (tertiary/aromatic N) is 2. The lowest BCUT2D eigenvalue weighted by atomic mass is 9.95. The van der Waals surface area contributed by atoms with E-state index in [0.29, 0.717) is 22.8 Å². The van der Waals surface area contributed by atoms with Gasteiger partial charge in [0, 0.05) is 49.1 Å². The molecule has 2 amide bonds. The summed E-state index contributed by atoms with van der Waals surface area (Å²) in [5.74, 6) is -1.02. The maximum atomic E-state index is 13.8. The Morgan fingerprint density at radius 2 is 1.91 bits per heavy atom. The summed E-state index contributed by atoms with van der Waals surface area (Å²) in [4.78, 5) is 29.4. The second kappa shape index (κ2) is 9.58. The maximum absolute atomic E-state index is 13.8. The third kappa shape index (κ3) is 4.87. The zero-order chi connectivity index (χ0) is 22.7. The van der Waals surface area contributed by atoms with Crippen molar-refractivity contribution in [2.75, 3.05) is 44.7 Å². The molecule has 0 saturated carbocycles. The van der Waals surface area contributed by atoms with Crippen molar-refractivity contribution in [3.05, 3.63) is 76.2 Å². The standard InChI is InChI=1S/C23H24ClFN4O3/c1-32-22(30)20-19(26-23(31)27-21(20)15-4-2-6-17(25)12-15)14-28-8-10-29(11-9-28)18-7-3-5-16(24)13-18/h2-7,12-13,21H,8-11,14H2,1H3,(H2,26,27,31)/t21-/m1/s1. The van der Waals surface area contributed by atoms with Crippen molar-refractivity contribution in [2.24, 2.45) is 0 Å². The molecule has 1 atom stereocenters. The monoisotopic (exact) mass is 458 g/mol. The van der Waals surface area contributed by atoms with Gasteiger partial charge in [-0.1, -0.05) is 29.8 Å². The Morgan fingerprint density at radius 3 is 2.59 bits per heavy atom. The average molecular weight is 459 g/mol. The molecule has 2 heterocycles. The van der Waals surface area contributed by atoms with E-state index in [1.807, 2.05) is 24.3 Å². The van der Waals surface area contributed by atoms with Gasteiger partial charge in [0.1, 0.15) is 5.82 Å². The van der Waals surface area contributed by atoms with E-state index < -0.39 is 23.9 Å². The summed E-state index contributed by atoms with van der Waals surface area (Å²) < 4.78 is 18.8. The molecular formula is C23H24ClFN4O3. The van der Waals surface area contributed by atoms with Gasteiger partial charge in [0.25, 0.3) is 0 Å². The second-order valence-electron chi connectivity index (χ2n) is 7.71. The van der Waals surface area contributed by atoms with E-state index in [-0.39, 0.29) is 5.57 Å². The van der Waals surface area contributed by atoms with Crippen LogP contribution in [0, 0.1) is 5.82 Å². The van der Waals surface area contributed by atoms with Gasteiger partial charge in [-0.2, -0.15) is 0 Å². The third-order valence-corrected chi connectivity index (χ3v) is 5.90. The molecule has 1 saturated heterocycles. The van der Waals surface area contributed by atoms with E-state index in [0.717, 1.165) is 31.9 Å². The van der Waals surface area contributed by atoms with Crippen molar-refractivity contribution >= 4 is 29.3 Å². The van der Waals surface area contributed by atoms with Gasteiger partial charge in [-0.05, 0) is 35.9 Å². The number of carbonyl (C=O) groups is 2. The molecule has 2 aromatic carbocycles. The fourth-order valence-electron chi connectivity index (χ4n) is 4.09. The Balaban J connectivity index is 1.55. The van der Waals surface area contributed by atoms with E-state index in [9.17, 15) is 14.0 Å². The highest BCUT2D eigenvalue weighted by Crippen LogP contribution is 2.29. The number of nitrogens with one attached hydrogen (secondary N) is 2. The van der Waals surface area contributed by atoms with Crippen molar-refractivity contribution in [1.29, 1.82) is 0 Å². The smallest absolute Gasteiger partial charge is 0.338 e. The molecule has 0 aliphatic carbocycles. The molecule has 7 nitrogen and oxygen atoms in total. The highest BCUT2D eigenvalue weighted by Gasteiger charge is 2.34. The molecule has 2 N–H and O–H groups in total. The van der Waals surface area contributed by atoms with Gasteiger partial charge in [-0.3, -0.25) is 4.90 Å². The number of piperazine rings is 1. The maximum Gasteiger partial charge on any atom is 0.338 e. The molecule has 4 rings (SSSR count). The number of esters is 1. The van der Waals surface area contributed by atoms with Crippen LogP contribution in [0.1, 0.15) is 11.6 Å². The Kier molecular flexibility index (Phi) is 6.62. The van der Waals surface area contributed by atoms with Gasteiger partial charge >= 0.3 is 12.0 Å². The molecule has 0 aromatic heterocycles. The lowest BCUT2D eigenvalue weighted by Gasteiger charge is -2.38. The van der Waals surface area contributed by atoms with Crippen molar-refractivity contribution in [3.8, 4) is 0 Å². The zero-order valence-electron chi connectivity index (χ0n) is 17.6. The molecule has 1 fully saturated rings. The number of urea groups is 1. The van der Waals surface area contributed by atoms with Gasteiger partial charge < -0.3 is 20.3 Å². The molecule has 0 bridgehead atoms. The van der Waals surface area contributed by atoms with E-state index >= 15 is 0 Å². The first-order chi connectivity index (χ1) is 15.4. The first-order valence-corrected chi connectivity index (χ1v) is 10.7. The SMILES string of the molecule is COC(=O)C1=C(CN2CCN(c3cccc(Cl)c3)CC2)NC(=O)N[C@@H]1c1cccc(F)c1. The van der Waals surface area contributed by atoms with Crippen LogP contribution in [-0.2, 0) is 9.53 Å². The Morgan fingerprint density at radius 1 is 1.16 bits per heavy atom. The summed E-state index contributed by atoms with van der Waals surface area (Å²) >= 11 is 6.11. The highest BCUT2D eigenvalue weighted by molar-refractivity contribution is 6.30. The predicted molar refractivity (Wildman–Crippen MR) is 120 cm³/mol. The molecule has 2 aliphatic heterocycles. The Hall–Kier alpha value is -3.10. The molecule has 9 heteroatoms. The largest absolute Gasteiger partial charge is 0.466 e. The summed E-state index contributed by atoms with van der Waals surface area (Å²) in [6.45, 7) is 3.39. The molecule has 32 heavy (non-hydrogen) atoms. The van der Waals surface area contributed by atoms with Crippen LogP contribution in [0.25, 0.3) is 0 Å². The zero-order valence-corrected chi connectivity index (χ0v) is 18.4. The first kappa shape index (κ1) is 22.1. The highest BCUT2D eigenvalue weighted by atomic mass is 35.5. The molecule has 168 valence electrons. The van der Waals surface area contributed by atoms with Crippen LogP contribution in [0.15, 0.2) is 59.8 Å². The number of halogens is 2. The Labute approximate surface area is 190 Å². The predicted octanol–water partition coefficient (Wildman–Crippen LogP) is 3.08. The average Bonchev–Trinajstić information content (AvgIpc) is 2.79. The van der Waals surface area contributed by atoms with Crippen LogP contribution < -0.4 is 15.5 Å². The molecule has 2 aliphatic rings. The second-order valence-corrected chi connectivity index (χ2v) is 8.15. The Bertz CT molecular complexity index is 1050. The van der Waals surface area contributed by atoms with Crippen LogP contribution in [0.5, 0.6) is 0 Å².